The van der Waals surface area contributed by atoms with E-state index in [0.29, 0.717) is 12.0 Å². The van der Waals surface area contributed by atoms with Crippen LogP contribution in [0.3, 0.4) is 0 Å². The summed E-state index contributed by atoms with van der Waals surface area (Å²) in [4.78, 5) is 0. The average Bonchev–Trinajstić information content (AvgIpc) is 1.65. The van der Waals surface area contributed by atoms with Crippen molar-refractivity contribution >= 4 is 0 Å². The highest BCUT2D eigenvalue weighted by Crippen LogP contribution is 2.11. The van der Waals surface area contributed by atoms with Gasteiger partial charge in [0.2, 0.25) is 0 Å². The molecular weight excluding hydrogens is 93.1 g/mol. The van der Waals surface area contributed by atoms with Gasteiger partial charge in [-0.1, -0.05) is 0 Å². The normalized spacial score (nSPS) is 40.3. The molecule has 1 rings (SSSR count). The Hall–Kier alpha value is -0.110. The maximum absolute atomic E-state index is 11.6. The predicted octanol–water partition coefficient (Wildman–Crippen LogP) is 0.564. The first-order valence-electron chi connectivity index (χ1n) is 2.64. The van der Waals surface area contributed by atoms with Gasteiger partial charge in [0.1, 0.15) is 0 Å². The summed E-state index contributed by atoms with van der Waals surface area (Å²) in [6.45, 7) is 2.72. The van der Waals surface area contributed by atoms with Crippen LogP contribution in [0.25, 0.3) is 0 Å². The van der Waals surface area contributed by atoms with Crippen molar-refractivity contribution in [2.45, 2.75) is 13.0 Å². The van der Waals surface area contributed by atoms with Crippen molar-refractivity contribution in [3.63, 3.8) is 0 Å². The summed E-state index contributed by atoms with van der Waals surface area (Å²) in [7, 11) is 0. The van der Waals surface area contributed by atoms with Crippen molar-refractivity contribution in [3.8, 4) is 0 Å². The lowest BCUT2D eigenvalue weighted by molar-refractivity contribution is 0.199. The second-order valence-corrected chi connectivity index (χ2v) is 2.11. The monoisotopic (exact) mass is 103 g/mol. The smallest absolute Gasteiger partial charge is 0.0949 e. The van der Waals surface area contributed by atoms with Crippen molar-refractivity contribution in [2.75, 3.05) is 13.2 Å². The van der Waals surface area contributed by atoms with Crippen molar-refractivity contribution in [2.24, 2.45) is 5.92 Å². The summed E-state index contributed by atoms with van der Waals surface area (Å²) in [6, 6.07) is 0.421. The number of hydrogen-bond donors (Lipinski definition) is 1. The molecule has 1 unspecified atom stereocenters. The topological polar surface area (TPSA) is 12.0 Å². The van der Waals surface area contributed by atoms with Crippen LogP contribution in [0, 0.1) is 5.92 Å². The molecule has 1 heterocycles. The maximum Gasteiger partial charge on any atom is 0.0949 e. The Morgan fingerprint density at radius 3 is 2.57 bits per heavy atom. The number of alkyl halides is 1. The first-order chi connectivity index (χ1) is 3.34. The van der Waals surface area contributed by atoms with E-state index in [1.807, 2.05) is 6.92 Å². The molecule has 0 amide bonds. The molecule has 1 aliphatic heterocycles. The molecule has 1 nitrogen and oxygen atoms in total. The standard InChI is InChI=1S/C5H10FN/c1-4-5(2-6)3-7-4/h4-5,7H,2-3H2,1H3/t4?,5-/m0/s1. The molecular formula is C5H10FN. The zero-order valence-corrected chi connectivity index (χ0v) is 4.45. The molecule has 42 valence electrons. The molecule has 1 saturated heterocycles. The molecule has 0 aliphatic carbocycles. The Balaban J connectivity index is 2.16. The summed E-state index contributed by atoms with van der Waals surface area (Å²) < 4.78 is 11.6. The van der Waals surface area contributed by atoms with Gasteiger partial charge in [-0.3, -0.25) is 4.39 Å². The Kier molecular flexibility index (Phi) is 1.28. The quantitative estimate of drug-likeness (QED) is 0.511. The first kappa shape index (κ1) is 5.04. The summed E-state index contributed by atoms with van der Waals surface area (Å²) in [5.41, 5.74) is 0. The zero-order chi connectivity index (χ0) is 5.28. The summed E-state index contributed by atoms with van der Waals surface area (Å²) in [5.74, 6) is 0.306. The lowest BCUT2D eigenvalue weighted by Crippen LogP contribution is -2.51. The fourth-order valence-electron chi connectivity index (χ4n) is 0.708. The Labute approximate surface area is 42.9 Å². The Morgan fingerprint density at radius 2 is 2.57 bits per heavy atom. The lowest BCUT2D eigenvalue weighted by atomic mass is 9.95. The molecule has 0 aromatic carbocycles. The molecule has 0 radical (unpaired) electrons. The van der Waals surface area contributed by atoms with Gasteiger partial charge >= 0.3 is 0 Å². The van der Waals surface area contributed by atoms with Crippen LogP contribution in [0.1, 0.15) is 6.92 Å². The van der Waals surface area contributed by atoms with Crippen molar-refractivity contribution in [1.82, 2.24) is 5.32 Å². The highest BCUT2D eigenvalue weighted by Gasteiger charge is 2.24. The van der Waals surface area contributed by atoms with Crippen molar-refractivity contribution < 1.29 is 4.39 Å². The lowest BCUT2D eigenvalue weighted by Gasteiger charge is -2.32. The maximum atomic E-state index is 11.6. The van der Waals surface area contributed by atoms with Crippen LogP contribution in [0.2, 0.25) is 0 Å². The third-order valence-corrected chi connectivity index (χ3v) is 1.61. The summed E-state index contributed by atoms with van der Waals surface area (Å²) in [5, 5.41) is 3.07. The van der Waals surface area contributed by atoms with Gasteiger partial charge in [-0.2, -0.15) is 0 Å². The molecule has 1 fully saturated rings. The van der Waals surface area contributed by atoms with E-state index in [2.05, 4.69) is 5.32 Å². The fraction of sp³-hybridized carbons (Fsp3) is 1.00. The van der Waals surface area contributed by atoms with E-state index in [1.165, 1.54) is 0 Å². The highest BCUT2D eigenvalue weighted by atomic mass is 19.1. The van der Waals surface area contributed by atoms with E-state index < -0.39 is 0 Å². The summed E-state index contributed by atoms with van der Waals surface area (Å²) in [6.07, 6.45) is 0. The third kappa shape index (κ3) is 0.752. The molecule has 2 heteroatoms. The van der Waals surface area contributed by atoms with Gasteiger partial charge < -0.3 is 5.32 Å². The van der Waals surface area contributed by atoms with Crippen LogP contribution in [0.4, 0.5) is 4.39 Å². The van der Waals surface area contributed by atoms with E-state index in [-0.39, 0.29) is 6.67 Å². The predicted molar refractivity (Wildman–Crippen MR) is 26.9 cm³/mol. The Morgan fingerprint density at radius 1 is 1.86 bits per heavy atom. The number of nitrogens with one attached hydrogen (secondary N) is 1. The van der Waals surface area contributed by atoms with Crippen molar-refractivity contribution in [1.29, 1.82) is 0 Å². The molecule has 2 atom stereocenters. The molecule has 0 aromatic heterocycles. The SMILES string of the molecule is CC1NC[C@@H]1CF. The van der Waals surface area contributed by atoms with Gasteiger partial charge in [0, 0.05) is 18.5 Å². The van der Waals surface area contributed by atoms with E-state index in [4.69, 9.17) is 0 Å². The third-order valence-electron chi connectivity index (χ3n) is 1.61. The average molecular weight is 103 g/mol. The van der Waals surface area contributed by atoms with Gasteiger partial charge in [0.05, 0.1) is 6.67 Å². The van der Waals surface area contributed by atoms with Gasteiger partial charge in [0.25, 0.3) is 0 Å². The van der Waals surface area contributed by atoms with E-state index in [9.17, 15) is 4.39 Å². The molecule has 0 saturated carbocycles. The van der Waals surface area contributed by atoms with E-state index in [1.54, 1.807) is 0 Å². The first-order valence-corrected chi connectivity index (χ1v) is 2.64. The van der Waals surface area contributed by atoms with Gasteiger partial charge in [0.15, 0.2) is 0 Å². The highest BCUT2D eigenvalue weighted by molar-refractivity contribution is 4.83. The van der Waals surface area contributed by atoms with Gasteiger partial charge in [-0.15, -0.1) is 0 Å². The number of hydrogen-bond acceptors (Lipinski definition) is 1. The molecule has 0 bridgehead atoms. The molecule has 1 N–H and O–H groups in total. The number of rotatable bonds is 1. The summed E-state index contributed by atoms with van der Waals surface area (Å²) >= 11 is 0. The fourth-order valence-corrected chi connectivity index (χ4v) is 0.708. The van der Waals surface area contributed by atoms with E-state index >= 15 is 0 Å². The van der Waals surface area contributed by atoms with Crippen LogP contribution in [0.5, 0.6) is 0 Å². The second kappa shape index (κ2) is 1.78. The van der Waals surface area contributed by atoms with Crippen molar-refractivity contribution in [3.05, 3.63) is 0 Å². The van der Waals surface area contributed by atoms with Crippen LogP contribution < -0.4 is 5.32 Å². The van der Waals surface area contributed by atoms with Crippen LogP contribution in [0.15, 0.2) is 0 Å². The minimum atomic E-state index is -0.159. The number of halogens is 1. The molecule has 0 aromatic rings. The molecule has 7 heavy (non-hydrogen) atoms. The zero-order valence-electron chi connectivity index (χ0n) is 4.45. The minimum absolute atomic E-state index is 0.159. The molecule has 1 aliphatic rings. The second-order valence-electron chi connectivity index (χ2n) is 2.11. The van der Waals surface area contributed by atoms with Crippen LogP contribution in [-0.2, 0) is 0 Å². The minimum Gasteiger partial charge on any atom is -0.313 e. The molecule has 0 spiro atoms. The van der Waals surface area contributed by atoms with Crippen LogP contribution >= 0.6 is 0 Å². The van der Waals surface area contributed by atoms with Gasteiger partial charge in [-0.25, -0.2) is 0 Å². The van der Waals surface area contributed by atoms with Gasteiger partial charge in [-0.05, 0) is 6.92 Å². The largest absolute Gasteiger partial charge is 0.313 e. The van der Waals surface area contributed by atoms with E-state index in [0.717, 1.165) is 6.54 Å². The van der Waals surface area contributed by atoms with Crippen LogP contribution in [-0.4, -0.2) is 19.3 Å². The Bertz CT molecular complexity index is 63.1.